The summed E-state index contributed by atoms with van der Waals surface area (Å²) in [6.07, 6.45) is 1.20. The number of carbonyl (C=O) groups excluding carboxylic acids is 2. The summed E-state index contributed by atoms with van der Waals surface area (Å²) in [5, 5.41) is 11.9. The van der Waals surface area contributed by atoms with Crippen molar-refractivity contribution in [2.24, 2.45) is 5.41 Å². The van der Waals surface area contributed by atoms with E-state index in [9.17, 15) is 14.4 Å². The topological polar surface area (TPSA) is 95.9 Å². The van der Waals surface area contributed by atoms with Gasteiger partial charge in [0.15, 0.2) is 0 Å². The van der Waals surface area contributed by atoms with Gasteiger partial charge in [0.05, 0.1) is 12.0 Å². The van der Waals surface area contributed by atoms with Crippen LogP contribution in [0, 0.1) is 5.41 Å². The second-order valence-electron chi connectivity index (χ2n) is 5.73. The molecular formula is C14H24N2O5. The number of hydrogen-bond donors (Lipinski definition) is 2. The number of likely N-dealkylation sites (tertiary alicyclic amines) is 1. The van der Waals surface area contributed by atoms with Crippen molar-refractivity contribution in [1.82, 2.24) is 10.2 Å². The van der Waals surface area contributed by atoms with E-state index in [1.165, 1.54) is 4.90 Å². The van der Waals surface area contributed by atoms with Gasteiger partial charge in [-0.05, 0) is 33.6 Å². The van der Waals surface area contributed by atoms with Crippen LogP contribution in [-0.2, 0) is 14.3 Å². The summed E-state index contributed by atoms with van der Waals surface area (Å²) in [7, 11) is 0. The number of carboxylic acid groups (broad SMARTS) is 1. The van der Waals surface area contributed by atoms with Crippen molar-refractivity contribution in [3.05, 3.63) is 0 Å². The number of ether oxygens (including phenoxy) is 1. The van der Waals surface area contributed by atoms with Crippen molar-refractivity contribution in [3.8, 4) is 0 Å². The number of carboxylic acids is 1. The summed E-state index contributed by atoms with van der Waals surface area (Å²) >= 11 is 0. The SMILES string of the molecule is CCOC(=O)CCC(C)NC(=O)N1CCC(C)(C(=O)O)C1. The predicted octanol–water partition coefficient (Wildman–Crippen LogP) is 1.22. The molecule has 7 nitrogen and oxygen atoms in total. The molecular weight excluding hydrogens is 276 g/mol. The lowest BCUT2D eigenvalue weighted by Crippen LogP contribution is -2.44. The first kappa shape index (κ1) is 17.3. The number of amides is 2. The summed E-state index contributed by atoms with van der Waals surface area (Å²) in [5.41, 5.74) is -0.870. The number of esters is 1. The van der Waals surface area contributed by atoms with Gasteiger partial charge in [0.2, 0.25) is 0 Å². The van der Waals surface area contributed by atoms with E-state index in [-0.39, 0.29) is 31.0 Å². The van der Waals surface area contributed by atoms with Crippen LogP contribution in [0.15, 0.2) is 0 Å². The third-order valence-electron chi connectivity index (χ3n) is 3.73. The number of aliphatic carboxylic acids is 1. The van der Waals surface area contributed by atoms with Crippen LogP contribution in [0.2, 0.25) is 0 Å². The Labute approximate surface area is 124 Å². The van der Waals surface area contributed by atoms with Crippen molar-refractivity contribution in [3.63, 3.8) is 0 Å². The fraction of sp³-hybridized carbons (Fsp3) is 0.786. The van der Waals surface area contributed by atoms with E-state index in [0.717, 1.165) is 0 Å². The summed E-state index contributed by atoms with van der Waals surface area (Å²) in [4.78, 5) is 35.9. The first-order valence-corrected chi connectivity index (χ1v) is 7.23. The zero-order valence-electron chi connectivity index (χ0n) is 12.8. The van der Waals surface area contributed by atoms with Gasteiger partial charge >= 0.3 is 18.0 Å². The highest BCUT2D eigenvalue weighted by Gasteiger charge is 2.42. The average Bonchev–Trinajstić information content (AvgIpc) is 2.81. The van der Waals surface area contributed by atoms with Crippen LogP contribution in [0.1, 0.15) is 40.0 Å². The molecule has 2 N–H and O–H groups in total. The zero-order valence-corrected chi connectivity index (χ0v) is 12.8. The second kappa shape index (κ2) is 7.28. The first-order valence-electron chi connectivity index (χ1n) is 7.23. The van der Waals surface area contributed by atoms with E-state index in [4.69, 9.17) is 9.84 Å². The van der Waals surface area contributed by atoms with Crippen LogP contribution < -0.4 is 5.32 Å². The Morgan fingerprint density at radius 1 is 1.43 bits per heavy atom. The molecule has 0 aliphatic carbocycles. The Morgan fingerprint density at radius 3 is 2.62 bits per heavy atom. The summed E-state index contributed by atoms with van der Waals surface area (Å²) in [5.74, 6) is -1.16. The molecule has 1 fully saturated rings. The molecule has 2 amide bonds. The van der Waals surface area contributed by atoms with Crippen LogP contribution >= 0.6 is 0 Å². The van der Waals surface area contributed by atoms with Crippen LogP contribution in [0.4, 0.5) is 4.79 Å². The van der Waals surface area contributed by atoms with E-state index in [2.05, 4.69) is 5.32 Å². The van der Waals surface area contributed by atoms with Gasteiger partial charge in [0.1, 0.15) is 0 Å². The Bertz CT molecular complexity index is 412. The number of hydrogen-bond acceptors (Lipinski definition) is 4. The average molecular weight is 300 g/mol. The molecule has 1 rings (SSSR count). The molecule has 21 heavy (non-hydrogen) atoms. The molecule has 1 aliphatic rings. The highest BCUT2D eigenvalue weighted by atomic mass is 16.5. The van der Waals surface area contributed by atoms with E-state index in [1.54, 1.807) is 13.8 Å². The number of carbonyl (C=O) groups is 3. The molecule has 2 atom stereocenters. The van der Waals surface area contributed by atoms with Gasteiger partial charge in [-0.1, -0.05) is 0 Å². The second-order valence-corrected chi connectivity index (χ2v) is 5.73. The van der Waals surface area contributed by atoms with E-state index in [0.29, 0.717) is 26.0 Å². The van der Waals surface area contributed by atoms with Crippen molar-refractivity contribution in [2.45, 2.75) is 46.1 Å². The Hall–Kier alpha value is -1.79. The van der Waals surface area contributed by atoms with Crippen molar-refractivity contribution in [2.75, 3.05) is 19.7 Å². The molecule has 0 aromatic carbocycles. The minimum atomic E-state index is -0.881. The molecule has 0 radical (unpaired) electrons. The van der Waals surface area contributed by atoms with Gasteiger partial charge in [0.25, 0.3) is 0 Å². The van der Waals surface area contributed by atoms with Gasteiger partial charge in [-0.3, -0.25) is 9.59 Å². The van der Waals surface area contributed by atoms with Gasteiger partial charge in [-0.15, -0.1) is 0 Å². The molecule has 0 saturated carbocycles. The van der Waals surface area contributed by atoms with E-state index in [1.807, 2.05) is 6.92 Å². The maximum atomic E-state index is 12.0. The van der Waals surface area contributed by atoms with Crippen molar-refractivity contribution >= 4 is 18.0 Å². The van der Waals surface area contributed by atoms with Crippen molar-refractivity contribution < 1.29 is 24.2 Å². The normalized spacial score (nSPS) is 22.7. The molecule has 0 bridgehead atoms. The number of urea groups is 1. The summed E-state index contributed by atoms with van der Waals surface area (Å²) < 4.78 is 4.82. The third-order valence-corrected chi connectivity index (χ3v) is 3.73. The fourth-order valence-corrected chi connectivity index (χ4v) is 2.25. The molecule has 1 saturated heterocycles. The Kier molecular flexibility index (Phi) is 5.99. The minimum Gasteiger partial charge on any atom is -0.481 e. The largest absolute Gasteiger partial charge is 0.481 e. The van der Waals surface area contributed by atoms with Gasteiger partial charge in [-0.25, -0.2) is 4.79 Å². The van der Waals surface area contributed by atoms with Gasteiger partial charge in [0, 0.05) is 25.6 Å². The highest BCUT2D eigenvalue weighted by Crippen LogP contribution is 2.30. The number of rotatable bonds is 6. The van der Waals surface area contributed by atoms with Crippen LogP contribution in [0.5, 0.6) is 0 Å². The Morgan fingerprint density at radius 2 is 2.10 bits per heavy atom. The molecule has 0 aromatic rings. The zero-order chi connectivity index (χ0) is 16.0. The lowest BCUT2D eigenvalue weighted by Gasteiger charge is -2.22. The van der Waals surface area contributed by atoms with Gasteiger partial charge in [-0.2, -0.15) is 0 Å². The smallest absolute Gasteiger partial charge is 0.317 e. The summed E-state index contributed by atoms with van der Waals surface area (Å²) in [6.45, 7) is 6.19. The molecule has 0 aromatic heterocycles. The monoisotopic (exact) mass is 300 g/mol. The van der Waals surface area contributed by atoms with Crippen LogP contribution in [0.25, 0.3) is 0 Å². The quantitative estimate of drug-likeness (QED) is 0.719. The maximum Gasteiger partial charge on any atom is 0.317 e. The fourth-order valence-electron chi connectivity index (χ4n) is 2.25. The summed E-state index contributed by atoms with van der Waals surface area (Å²) in [6, 6.07) is -0.449. The predicted molar refractivity (Wildman–Crippen MR) is 75.8 cm³/mol. The Balaban J connectivity index is 2.37. The van der Waals surface area contributed by atoms with Crippen LogP contribution in [-0.4, -0.2) is 53.7 Å². The van der Waals surface area contributed by atoms with E-state index >= 15 is 0 Å². The molecule has 120 valence electrons. The molecule has 0 spiro atoms. The molecule has 2 unspecified atom stereocenters. The number of nitrogens with one attached hydrogen (secondary N) is 1. The van der Waals surface area contributed by atoms with Crippen LogP contribution in [0.3, 0.4) is 0 Å². The number of nitrogens with zero attached hydrogens (tertiary/aromatic N) is 1. The van der Waals surface area contributed by atoms with Crippen molar-refractivity contribution in [1.29, 1.82) is 0 Å². The molecule has 1 heterocycles. The maximum absolute atomic E-state index is 12.0. The first-order chi connectivity index (χ1) is 9.78. The lowest BCUT2D eigenvalue weighted by molar-refractivity contribution is -0.147. The lowest BCUT2D eigenvalue weighted by atomic mass is 9.90. The molecule has 7 heteroatoms. The molecule has 1 aliphatic heterocycles. The third kappa shape index (κ3) is 4.91. The van der Waals surface area contributed by atoms with Gasteiger partial charge < -0.3 is 20.1 Å². The standard InChI is InChI=1S/C14H24N2O5/c1-4-21-11(17)6-5-10(2)15-13(20)16-8-7-14(3,9-16)12(18)19/h10H,4-9H2,1-3H3,(H,15,20)(H,18,19). The minimum absolute atomic E-state index is 0.168. The van der Waals surface area contributed by atoms with E-state index < -0.39 is 11.4 Å². The highest BCUT2D eigenvalue weighted by molar-refractivity contribution is 5.79.